The summed E-state index contributed by atoms with van der Waals surface area (Å²) in [4.78, 5) is 32.2. The molecule has 200 valence electrons. The van der Waals surface area contributed by atoms with Crippen LogP contribution in [-0.2, 0) is 13.0 Å². The van der Waals surface area contributed by atoms with E-state index in [1.807, 2.05) is 36.7 Å². The zero-order valence-corrected chi connectivity index (χ0v) is 21.8. The smallest absolute Gasteiger partial charge is 0.277 e. The number of imidazole rings is 1. The van der Waals surface area contributed by atoms with E-state index < -0.39 is 5.91 Å². The van der Waals surface area contributed by atoms with Crippen molar-refractivity contribution >= 4 is 17.5 Å². The minimum atomic E-state index is -0.650. The minimum Gasteiger partial charge on any atom is -0.497 e. The van der Waals surface area contributed by atoms with Crippen molar-refractivity contribution in [2.75, 3.05) is 18.6 Å². The second-order valence-corrected chi connectivity index (χ2v) is 9.95. The summed E-state index contributed by atoms with van der Waals surface area (Å²) in [5, 5.41) is 8.06. The van der Waals surface area contributed by atoms with Crippen molar-refractivity contribution < 1.29 is 14.3 Å². The second kappa shape index (κ2) is 10.4. The number of nitrogens with zero attached hydrogens (tertiary/aromatic N) is 5. The summed E-state index contributed by atoms with van der Waals surface area (Å²) in [6, 6.07) is 15.6. The van der Waals surface area contributed by atoms with E-state index in [0.29, 0.717) is 48.2 Å². The summed E-state index contributed by atoms with van der Waals surface area (Å²) < 4.78 is 8.83. The quantitative estimate of drug-likeness (QED) is 0.364. The lowest BCUT2D eigenvalue weighted by molar-refractivity contribution is 0.0972. The van der Waals surface area contributed by atoms with Gasteiger partial charge in [0.25, 0.3) is 11.8 Å². The maximum absolute atomic E-state index is 13.8. The molecule has 3 N–H and O–H groups in total. The SMILES string of the molecule is COc1ccc(-n2nc(C(N)=O)c3c2C(=O)N(c2ccc(-n4ccnc4CNC4CCCC4)cc2)CC3)cc1. The monoisotopic (exact) mass is 525 g/mol. The molecule has 2 amide bonds. The van der Waals surface area contributed by atoms with Gasteiger partial charge in [-0.2, -0.15) is 5.10 Å². The number of carbonyl (C=O) groups is 2. The van der Waals surface area contributed by atoms with Crippen LogP contribution in [0.2, 0.25) is 0 Å². The molecule has 1 saturated carbocycles. The van der Waals surface area contributed by atoms with Crippen molar-refractivity contribution in [1.29, 1.82) is 0 Å². The predicted molar refractivity (Wildman–Crippen MR) is 147 cm³/mol. The fraction of sp³-hybridized carbons (Fsp3) is 0.310. The molecule has 0 unspecified atom stereocenters. The van der Waals surface area contributed by atoms with Crippen molar-refractivity contribution in [3.63, 3.8) is 0 Å². The van der Waals surface area contributed by atoms with E-state index >= 15 is 0 Å². The van der Waals surface area contributed by atoms with Crippen LogP contribution in [0, 0.1) is 0 Å². The van der Waals surface area contributed by atoms with Crippen LogP contribution in [0.25, 0.3) is 11.4 Å². The highest BCUT2D eigenvalue weighted by molar-refractivity contribution is 6.09. The third-order valence-corrected chi connectivity index (χ3v) is 7.63. The molecule has 6 rings (SSSR count). The molecule has 39 heavy (non-hydrogen) atoms. The number of methoxy groups -OCH3 is 1. The van der Waals surface area contributed by atoms with E-state index in [1.165, 1.54) is 30.4 Å². The van der Waals surface area contributed by atoms with Gasteiger partial charge in [0, 0.05) is 41.9 Å². The highest BCUT2D eigenvalue weighted by Crippen LogP contribution is 2.30. The molecule has 0 saturated heterocycles. The Morgan fingerprint density at radius 1 is 1.05 bits per heavy atom. The van der Waals surface area contributed by atoms with Crippen LogP contribution in [0.5, 0.6) is 5.75 Å². The van der Waals surface area contributed by atoms with Crippen LogP contribution in [0.1, 0.15) is 58.0 Å². The topological polar surface area (TPSA) is 120 Å². The number of ether oxygens (including phenoxy) is 1. The van der Waals surface area contributed by atoms with Crippen LogP contribution in [-0.4, -0.2) is 50.8 Å². The van der Waals surface area contributed by atoms with E-state index in [2.05, 4.69) is 20.0 Å². The summed E-state index contributed by atoms with van der Waals surface area (Å²) >= 11 is 0. The molecular weight excluding hydrogens is 494 g/mol. The van der Waals surface area contributed by atoms with Crippen LogP contribution in [0.3, 0.4) is 0 Å². The molecular formula is C29H31N7O3. The lowest BCUT2D eigenvalue weighted by Crippen LogP contribution is -2.39. The number of nitrogens with two attached hydrogens (primary N) is 1. The summed E-state index contributed by atoms with van der Waals surface area (Å²) in [5.74, 6) is 0.751. The number of benzene rings is 2. The number of fused-ring (bicyclic) bond motifs is 1. The largest absolute Gasteiger partial charge is 0.497 e. The van der Waals surface area contributed by atoms with Gasteiger partial charge >= 0.3 is 0 Å². The molecule has 1 fully saturated rings. The maximum Gasteiger partial charge on any atom is 0.277 e. The van der Waals surface area contributed by atoms with Gasteiger partial charge in [0.15, 0.2) is 5.69 Å². The Labute approximate surface area is 226 Å². The molecule has 2 aromatic heterocycles. The van der Waals surface area contributed by atoms with Gasteiger partial charge in [-0.3, -0.25) is 9.59 Å². The van der Waals surface area contributed by atoms with Crippen molar-refractivity contribution in [1.82, 2.24) is 24.6 Å². The van der Waals surface area contributed by atoms with Crippen molar-refractivity contribution in [3.05, 3.63) is 83.7 Å². The Hall–Kier alpha value is -4.44. The number of carbonyl (C=O) groups excluding carboxylic acids is 2. The summed E-state index contributed by atoms with van der Waals surface area (Å²) in [5.41, 5.74) is 9.06. The molecule has 1 aliphatic carbocycles. The van der Waals surface area contributed by atoms with Gasteiger partial charge in [-0.1, -0.05) is 12.8 Å². The second-order valence-electron chi connectivity index (χ2n) is 9.95. The molecule has 0 radical (unpaired) electrons. The van der Waals surface area contributed by atoms with E-state index in [9.17, 15) is 9.59 Å². The van der Waals surface area contributed by atoms with E-state index in [1.54, 1.807) is 36.3 Å². The number of rotatable bonds is 8. The number of anilines is 1. The first-order chi connectivity index (χ1) is 19.0. The van der Waals surface area contributed by atoms with Gasteiger partial charge in [0.1, 0.15) is 17.3 Å². The first kappa shape index (κ1) is 24.9. The number of hydrogen-bond donors (Lipinski definition) is 2. The third-order valence-electron chi connectivity index (χ3n) is 7.63. The summed E-state index contributed by atoms with van der Waals surface area (Å²) in [6.45, 7) is 1.13. The van der Waals surface area contributed by atoms with Gasteiger partial charge in [0.05, 0.1) is 19.3 Å². The third kappa shape index (κ3) is 4.67. The van der Waals surface area contributed by atoms with Crippen LogP contribution in [0.15, 0.2) is 60.9 Å². The lowest BCUT2D eigenvalue weighted by Gasteiger charge is -2.28. The van der Waals surface area contributed by atoms with Crippen molar-refractivity contribution in [3.8, 4) is 17.1 Å². The Morgan fingerprint density at radius 3 is 2.44 bits per heavy atom. The molecule has 2 aromatic carbocycles. The Kier molecular flexibility index (Phi) is 6.62. The van der Waals surface area contributed by atoms with Crippen LogP contribution in [0.4, 0.5) is 5.69 Å². The van der Waals surface area contributed by atoms with Gasteiger partial charge in [-0.15, -0.1) is 0 Å². The van der Waals surface area contributed by atoms with Crippen LogP contribution >= 0.6 is 0 Å². The Bertz CT molecular complexity index is 1500. The maximum atomic E-state index is 13.8. The average molecular weight is 526 g/mol. The standard InChI is InChI=1S/C29H31N7O3/c1-39-23-12-10-22(11-13-23)36-27-24(26(33-36)28(30)37)14-16-35(29(27)38)21-8-6-20(7-9-21)34-17-15-31-25(34)18-32-19-4-2-3-5-19/h6-13,15,17,19,32H,2-5,14,16,18H2,1H3,(H2,30,37). The first-order valence-corrected chi connectivity index (χ1v) is 13.3. The van der Waals surface area contributed by atoms with Gasteiger partial charge in [-0.25, -0.2) is 9.67 Å². The number of aromatic nitrogens is 4. The number of amides is 2. The number of nitrogens with one attached hydrogen (secondary N) is 1. The molecule has 3 heterocycles. The minimum absolute atomic E-state index is 0.128. The first-order valence-electron chi connectivity index (χ1n) is 13.3. The van der Waals surface area contributed by atoms with Gasteiger partial charge in [0.2, 0.25) is 0 Å². The zero-order valence-electron chi connectivity index (χ0n) is 21.8. The molecule has 0 atom stereocenters. The predicted octanol–water partition coefficient (Wildman–Crippen LogP) is 3.40. The normalized spacial score (nSPS) is 15.5. The van der Waals surface area contributed by atoms with E-state index in [0.717, 1.165) is 17.2 Å². The van der Waals surface area contributed by atoms with Crippen molar-refractivity contribution in [2.45, 2.75) is 44.7 Å². The summed E-state index contributed by atoms with van der Waals surface area (Å²) in [6.07, 6.45) is 9.25. The van der Waals surface area contributed by atoms with Gasteiger partial charge < -0.3 is 25.3 Å². The Balaban J connectivity index is 1.26. The van der Waals surface area contributed by atoms with Gasteiger partial charge in [-0.05, 0) is 67.8 Å². The number of hydrogen-bond acceptors (Lipinski definition) is 6. The lowest BCUT2D eigenvalue weighted by atomic mass is 10.0. The zero-order chi connectivity index (χ0) is 26.9. The summed E-state index contributed by atoms with van der Waals surface area (Å²) in [7, 11) is 1.59. The number of primary amides is 1. The van der Waals surface area contributed by atoms with E-state index in [-0.39, 0.29) is 11.6 Å². The molecule has 10 nitrogen and oxygen atoms in total. The van der Waals surface area contributed by atoms with Crippen molar-refractivity contribution in [2.24, 2.45) is 5.73 Å². The highest BCUT2D eigenvalue weighted by atomic mass is 16.5. The molecule has 0 spiro atoms. The van der Waals surface area contributed by atoms with E-state index in [4.69, 9.17) is 10.5 Å². The average Bonchev–Trinajstić information content (AvgIpc) is 3.73. The Morgan fingerprint density at radius 2 is 1.74 bits per heavy atom. The fourth-order valence-electron chi connectivity index (χ4n) is 5.57. The molecule has 0 bridgehead atoms. The molecule has 2 aliphatic rings. The molecule has 1 aliphatic heterocycles. The highest BCUT2D eigenvalue weighted by Gasteiger charge is 2.34. The fourth-order valence-corrected chi connectivity index (χ4v) is 5.57. The van der Waals surface area contributed by atoms with Crippen LogP contribution < -0.4 is 20.7 Å². The molecule has 10 heteroatoms. The molecule has 4 aromatic rings.